The normalized spacial score (nSPS) is 17.4. The fourth-order valence-corrected chi connectivity index (χ4v) is 2.27. The fourth-order valence-electron chi connectivity index (χ4n) is 2.27. The third kappa shape index (κ3) is 2.38. The molecule has 1 aromatic rings. The molecule has 2 rings (SSSR count). The summed E-state index contributed by atoms with van der Waals surface area (Å²) in [6.45, 7) is 6.52. The molecule has 2 heteroatoms. The highest BCUT2D eigenvalue weighted by Crippen LogP contribution is 2.26. The minimum atomic E-state index is 0.270. The quantitative estimate of drug-likeness (QED) is 0.844. The monoisotopic (exact) mass is 218 g/mol. The van der Waals surface area contributed by atoms with Crippen molar-refractivity contribution in [3.05, 3.63) is 29.8 Å². The van der Waals surface area contributed by atoms with Gasteiger partial charge < -0.3 is 10.6 Å². The van der Waals surface area contributed by atoms with Gasteiger partial charge in [0.25, 0.3) is 0 Å². The molecule has 1 aromatic carbocycles. The number of aryl methyl sites for hydroxylation is 1. The largest absolute Gasteiger partial charge is 0.370 e. The van der Waals surface area contributed by atoms with Gasteiger partial charge in [-0.3, -0.25) is 0 Å². The number of rotatable bonds is 3. The zero-order valence-corrected chi connectivity index (χ0v) is 10.3. The van der Waals surface area contributed by atoms with Crippen molar-refractivity contribution in [1.82, 2.24) is 0 Å². The van der Waals surface area contributed by atoms with E-state index in [2.05, 4.69) is 43.0 Å². The number of fused-ring (bicyclic) bond motifs is 1. The average molecular weight is 218 g/mol. The van der Waals surface area contributed by atoms with E-state index >= 15 is 0 Å². The lowest BCUT2D eigenvalue weighted by Gasteiger charge is -2.34. The Morgan fingerprint density at radius 1 is 1.31 bits per heavy atom. The smallest absolute Gasteiger partial charge is 0.0399 e. The van der Waals surface area contributed by atoms with Crippen LogP contribution in [0.2, 0.25) is 0 Å². The Balaban J connectivity index is 2.13. The number of hydrogen-bond donors (Lipinski definition) is 1. The molecule has 0 amide bonds. The highest BCUT2D eigenvalue weighted by Gasteiger charge is 2.19. The molecule has 0 spiro atoms. The van der Waals surface area contributed by atoms with Gasteiger partial charge in [0.1, 0.15) is 0 Å². The van der Waals surface area contributed by atoms with Crippen LogP contribution in [0.25, 0.3) is 0 Å². The van der Waals surface area contributed by atoms with E-state index in [-0.39, 0.29) is 6.04 Å². The number of nitrogens with two attached hydrogens (primary N) is 1. The topological polar surface area (TPSA) is 29.3 Å². The van der Waals surface area contributed by atoms with Crippen LogP contribution < -0.4 is 10.6 Å². The van der Waals surface area contributed by atoms with E-state index in [1.807, 2.05) is 0 Å². The van der Waals surface area contributed by atoms with Crippen molar-refractivity contribution >= 4 is 5.69 Å². The van der Waals surface area contributed by atoms with Gasteiger partial charge in [-0.2, -0.15) is 0 Å². The molecule has 1 aliphatic rings. The van der Waals surface area contributed by atoms with E-state index in [4.69, 9.17) is 5.73 Å². The third-order valence-corrected chi connectivity index (χ3v) is 3.49. The molecule has 0 saturated carbocycles. The Morgan fingerprint density at radius 2 is 2.06 bits per heavy atom. The number of anilines is 1. The van der Waals surface area contributed by atoms with E-state index < -0.39 is 0 Å². The van der Waals surface area contributed by atoms with Crippen molar-refractivity contribution in [1.29, 1.82) is 0 Å². The van der Waals surface area contributed by atoms with E-state index in [1.54, 1.807) is 0 Å². The van der Waals surface area contributed by atoms with Crippen molar-refractivity contribution < 1.29 is 0 Å². The van der Waals surface area contributed by atoms with Crippen LogP contribution in [0.3, 0.4) is 0 Å². The van der Waals surface area contributed by atoms with Crippen LogP contribution in [0.15, 0.2) is 24.3 Å². The number of benzene rings is 1. The van der Waals surface area contributed by atoms with Crippen molar-refractivity contribution in [2.75, 3.05) is 18.0 Å². The first kappa shape index (κ1) is 11.5. The molecule has 0 aliphatic carbocycles. The van der Waals surface area contributed by atoms with Crippen LogP contribution in [-0.4, -0.2) is 19.1 Å². The first-order valence-electron chi connectivity index (χ1n) is 6.27. The van der Waals surface area contributed by atoms with Crippen LogP contribution in [0.1, 0.15) is 25.8 Å². The molecule has 0 bridgehead atoms. The van der Waals surface area contributed by atoms with Gasteiger partial charge >= 0.3 is 0 Å². The Hall–Kier alpha value is -1.02. The molecule has 0 saturated heterocycles. The fraction of sp³-hybridized carbons (Fsp3) is 0.571. The summed E-state index contributed by atoms with van der Waals surface area (Å²) in [5.74, 6) is 0.550. The van der Waals surface area contributed by atoms with E-state index in [9.17, 15) is 0 Å². The van der Waals surface area contributed by atoms with E-state index in [0.29, 0.717) is 5.92 Å². The van der Waals surface area contributed by atoms with Crippen molar-refractivity contribution in [3.63, 3.8) is 0 Å². The lowest BCUT2D eigenvalue weighted by molar-refractivity contribution is 0.479. The second-order valence-corrected chi connectivity index (χ2v) is 5.09. The summed E-state index contributed by atoms with van der Waals surface area (Å²) >= 11 is 0. The van der Waals surface area contributed by atoms with E-state index in [0.717, 1.165) is 13.1 Å². The average Bonchev–Trinajstić information content (AvgIpc) is 2.29. The van der Waals surface area contributed by atoms with Gasteiger partial charge in [-0.15, -0.1) is 0 Å². The first-order valence-corrected chi connectivity index (χ1v) is 6.27. The predicted octanol–water partition coefficient (Wildman–Crippen LogP) is 2.42. The summed E-state index contributed by atoms with van der Waals surface area (Å²) in [6.07, 6.45) is 2.46. The molecule has 0 fully saturated rings. The molecule has 2 N–H and O–H groups in total. The van der Waals surface area contributed by atoms with Gasteiger partial charge in [0.2, 0.25) is 0 Å². The summed E-state index contributed by atoms with van der Waals surface area (Å²) in [5.41, 5.74) is 9.03. The molecule has 16 heavy (non-hydrogen) atoms. The molecule has 0 aromatic heterocycles. The van der Waals surface area contributed by atoms with Gasteiger partial charge in [-0.05, 0) is 30.4 Å². The third-order valence-electron chi connectivity index (χ3n) is 3.49. The minimum absolute atomic E-state index is 0.270. The second kappa shape index (κ2) is 4.88. The SMILES string of the molecule is CC(C)[C@@H](N)CN1CCCc2ccccc21. The summed E-state index contributed by atoms with van der Waals surface area (Å²) in [5, 5.41) is 0. The van der Waals surface area contributed by atoms with Gasteiger partial charge in [-0.25, -0.2) is 0 Å². The van der Waals surface area contributed by atoms with E-state index in [1.165, 1.54) is 24.1 Å². The Bertz CT molecular complexity index is 346. The molecular weight excluding hydrogens is 196 g/mol. The summed E-state index contributed by atoms with van der Waals surface area (Å²) in [4.78, 5) is 2.45. The molecular formula is C14H22N2. The Labute approximate surface area is 98.4 Å². The van der Waals surface area contributed by atoms with Crippen LogP contribution in [0, 0.1) is 5.92 Å². The molecule has 0 unspecified atom stereocenters. The van der Waals surface area contributed by atoms with Gasteiger partial charge in [0.15, 0.2) is 0 Å². The highest BCUT2D eigenvalue weighted by molar-refractivity contribution is 5.55. The zero-order chi connectivity index (χ0) is 11.5. The van der Waals surface area contributed by atoms with Gasteiger partial charge in [0.05, 0.1) is 0 Å². The van der Waals surface area contributed by atoms with Crippen molar-refractivity contribution in [2.45, 2.75) is 32.7 Å². The number of hydrogen-bond acceptors (Lipinski definition) is 2. The second-order valence-electron chi connectivity index (χ2n) is 5.09. The minimum Gasteiger partial charge on any atom is -0.370 e. The standard InChI is InChI=1S/C14H22N2/c1-11(2)13(15)10-16-9-5-7-12-6-3-4-8-14(12)16/h3-4,6,8,11,13H,5,7,9-10,15H2,1-2H3/t13-/m0/s1. The Morgan fingerprint density at radius 3 is 2.81 bits per heavy atom. The molecule has 2 nitrogen and oxygen atoms in total. The van der Waals surface area contributed by atoms with Gasteiger partial charge in [0, 0.05) is 24.8 Å². The molecule has 0 radical (unpaired) electrons. The first-order chi connectivity index (χ1) is 7.68. The maximum atomic E-state index is 6.16. The summed E-state index contributed by atoms with van der Waals surface area (Å²) in [6, 6.07) is 8.98. The van der Waals surface area contributed by atoms with Crippen LogP contribution >= 0.6 is 0 Å². The van der Waals surface area contributed by atoms with Gasteiger partial charge in [-0.1, -0.05) is 32.0 Å². The number of nitrogens with zero attached hydrogens (tertiary/aromatic N) is 1. The molecule has 1 aliphatic heterocycles. The lowest BCUT2D eigenvalue weighted by atomic mass is 9.99. The van der Waals surface area contributed by atoms with Crippen LogP contribution in [0.4, 0.5) is 5.69 Å². The predicted molar refractivity (Wildman–Crippen MR) is 69.8 cm³/mol. The number of para-hydroxylation sites is 1. The summed E-state index contributed by atoms with van der Waals surface area (Å²) in [7, 11) is 0. The maximum Gasteiger partial charge on any atom is 0.0399 e. The van der Waals surface area contributed by atoms with Crippen molar-refractivity contribution in [3.8, 4) is 0 Å². The zero-order valence-electron chi connectivity index (χ0n) is 10.3. The highest BCUT2D eigenvalue weighted by atomic mass is 15.1. The maximum absolute atomic E-state index is 6.16. The molecule has 1 atom stereocenters. The van der Waals surface area contributed by atoms with Crippen LogP contribution in [0.5, 0.6) is 0 Å². The molecule has 1 heterocycles. The molecule has 88 valence electrons. The van der Waals surface area contributed by atoms with Crippen LogP contribution in [-0.2, 0) is 6.42 Å². The Kier molecular flexibility index (Phi) is 3.49. The lowest BCUT2D eigenvalue weighted by Crippen LogP contribution is -2.42. The summed E-state index contributed by atoms with van der Waals surface area (Å²) < 4.78 is 0. The van der Waals surface area contributed by atoms with Crippen molar-refractivity contribution in [2.24, 2.45) is 11.7 Å².